The summed E-state index contributed by atoms with van der Waals surface area (Å²) < 4.78 is 31.9. The average Bonchev–Trinajstić information content (AvgIpc) is 2.68. The van der Waals surface area contributed by atoms with Crippen molar-refractivity contribution < 1.29 is 23.4 Å². The topological polar surface area (TPSA) is 56.8 Å². The number of piperidine rings is 1. The fraction of sp³-hybridized carbons (Fsp3) is 0.435. The molecule has 156 valence electrons. The number of carbonyl (C=O) groups excluding carboxylic acids is 1. The second-order valence-corrected chi connectivity index (χ2v) is 8.12. The van der Waals surface area contributed by atoms with E-state index in [1.807, 2.05) is 30.3 Å². The van der Waals surface area contributed by atoms with Crippen LogP contribution in [-0.2, 0) is 11.3 Å². The zero-order valence-electron chi connectivity index (χ0n) is 17.2. The molecular formula is C23H28FNO4. The second kappa shape index (κ2) is 9.27. The molecule has 2 aromatic carbocycles. The number of benzene rings is 2. The quantitative estimate of drug-likeness (QED) is 0.723. The Morgan fingerprint density at radius 2 is 1.79 bits per heavy atom. The van der Waals surface area contributed by atoms with Gasteiger partial charge in [0.05, 0.1) is 0 Å². The highest BCUT2D eigenvalue weighted by atomic mass is 19.1. The lowest BCUT2D eigenvalue weighted by Crippen LogP contribution is -2.34. The standard InChI is InChI=1S/C23H28FNO4/c1-23(2,3)29-22(26)18-13-19(24)21(28-17-9-11-25-12-10-17)14-20(18)27-15-16-7-5-4-6-8-16/h4-8,13-14,17,25H,9-12,15H2,1-3H3. The van der Waals surface area contributed by atoms with E-state index in [0.29, 0.717) is 0 Å². The van der Waals surface area contributed by atoms with Crippen molar-refractivity contribution in [2.75, 3.05) is 13.1 Å². The molecule has 0 spiro atoms. The predicted octanol–water partition coefficient (Wildman–Crippen LogP) is 4.49. The Morgan fingerprint density at radius 1 is 1.10 bits per heavy atom. The smallest absolute Gasteiger partial charge is 0.342 e. The van der Waals surface area contributed by atoms with Crippen molar-refractivity contribution in [1.29, 1.82) is 0 Å². The van der Waals surface area contributed by atoms with Gasteiger partial charge >= 0.3 is 5.97 Å². The van der Waals surface area contributed by atoms with Gasteiger partial charge in [0, 0.05) is 6.07 Å². The number of halogens is 1. The molecule has 29 heavy (non-hydrogen) atoms. The van der Waals surface area contributed by atoms with E-state index in [2.05, 4.69) is 5.32 Å². The molecule has 0 atom stereocenters. The first-order valence-corrected chi connectivity index (χ1v) is 9.93. The van der Waals surface area contributed by atoms with Crippen molar-refractivity contribution in [3.63, 3.8) is 0 Å². The first-order chi connectivity index (χ1) is 13.8. The molecule has 0 radical (unpaired) electrons. The van der Waals surface area contributed by atoms with Gasteiger partial charge in [0.1, 0.15) is 29.6 Å². The summed E-state index contributed by atoms with van der Waals surface area (Å²) in [6.07, 6.45) is 1.53. The molecule has 1 aliphatic rings. The molecular weight excluding hydrogens is 373 g/mol. The third-order valence-corrected chi connectivity index (χ3v) is 4.47. The van der Waals surface area contributed by atoms with Crippen molar-refractivity contribution in [1.82, 2.24) is 5.32 Å². The number of rotatable bonds is 6. The maximum absolute atomic E-state index is 14.7. The van der Waals surface area contributed by atoms with Gasteiger partial charge in [-0.1, -0.05) is 30.3 Å². The minimum absolute atomic E-state index is 0.0472. The van der Waals surface area contributed by atoms with Crippen molar-refractivity contribution in [2.24, 2.45) is 0 Å². The largest absolute Gasteiger partial charge is 0.488 e. The lowest BCUT2D eigenvalue weighted by molar-refractivity contribution is 0.00647. The normalized spacial score (nSPS) is 15.0. The highest BCUT2D eigenvalue weighted by Crippen LogP contribution is 2.32. The van der Waals surface area contributed by atoms with Gasteiger partial charge in [-0.3, -0.25) is 0 Å². The first kappa shape index (κ1) is 21.1. The Hall–Kier alpha value is -2.60. The Morgan fingerprint density at radius 3 is 2.45 bits per heavy atom. The molecule has 1 aliphatic heterocycles. The number of carbonyl (C=O) groups is 1. The molecule has 0 aliphatic carbocycles. The highest BCUT2D eigenvalue weighted by Gasteiger charge is 2.25. The summed E-state index contributed by atoms with van der Waals surface area (Å²) in [6.45, 7) is 7.20. The molecule has 0 aromatic heterocycles. The van der Waals surface area contributed by atoms with Gasteiger partial charge < -0.3 is 19.5 Å². The maximum atomic E-state index is 14.7. The van der Waals surface area contributed by atoms with Crippen LogP contribution in [0, 0.1) is 5.82 Å². The van der Waals surface area contributed by atoms with E-state index in [9.17, 15) is 9.18 Å². The minimum Gasteiger partial charge on any atom is -0.488 e. The minimum atomic E-state index is -0.700. The Balaban J connectivity index is 1.86. The maximum Gasteiger partial charge on any atom is 0.342 e. The molecule has 3 rings (SSSR count). The zero-order valence-corrected chi connectivity index (χ0v) is 17.2. The first-order valence-electron chi connectivity index (χ1n) is 9.93. The molecule has 0 saturated carbocycles. The van der Waals surface area contributed by atoms with Crippen molar-refractivity contribution in [2.45, 2.75) is 51.9 Å². The van der Waals surface area contributed by atoms with Crippen LogP contribution in [0.15, 0.2) is 42.5 Å². The number of esters is 1. The van der Waals surface area contributed by atoms with Gasteiger partial charge in [-0.15, -0.1) is 0 Å². The van der Waals surface area contributed by atoms with Gasteiger partial charge in [0.15, 0.2) is 11.6 Å². The van der Waals surface area contributed by atoms with Crippen LogP contribution in [-0.4, -0.2) is 30.8 Å². The van der Waals surface area contributed by atoms with Crippen LogP contribution in [0.4, 0.5) is 4.39 Å². The second-order valence-electron chi connectivity index (χ2n) is 8.12. The van der Waals surface area contributed by atoms with Crippen LogP contribution < -0.4 is 14.8 Å². The summed E-state index contributed by atoms with van der Waals surface area (Å²) in [7, 11) is 0. The van der Waals surface area contributed by atoms with Crippen molar-refractivity contribution in [3.05, 3.63) is 59.4 Å². The van der Waals surface area contributed by atoms with E-state index < -0.39 is 17.4 Å². The molecule has 6 heteroatoms. The summed E-state index contributed by atoms with van der Waals surface area (Å²) >= 11 is 0. The summed E-state index contributed by atoms with van der Waals surface area (Å²) in [5.41, 5.74) is 0.285. The number of hydrogen-bond acceptors (Lipinski definition) is 5. The van der Waals surface area contributed by atoms with E-state index in [1.165, 1.54) is 6.07 Å². The molecule has 0 bridgehead atoms. The van der Waals surface area contributed by atoms with Crippen molar-refractivity contribution in [3.8, 4) is 11.5 Å². The van der Waals surface area contributed by atoms with Crippen LogP contribution >= 0.6 is 0 Å². The number of nitrogens with one attached hydrogen (secondary N) is 1. The fourth-order valence-electron chi connectivity index (χ4n) is 3.07. The molecule has 2 aromatic rings. The van der Waals surface area contributed by atoms with Gasteiger partial charge in [-0.2, -0.15) is 0 Å². The molecule has 1 heterocycles. The predicted molar refractivity (Wildman–Crippen MR) is 109 cm³/mol. The van der Waals surface area contributed by atoms with E-state index in [4.69, 9.17) is 14.2 Å². The Kier molecular flexibility index (Phi) is 6.75. The van der Waals surface area contributed by atoms with E-state index in [1.54, 1.807) is 20.8 Å². The molecule has 1 N–H and O–H groups in total. The third kappa shape index (κ3) is 6.19. The summed E-state index contributed by atoms with van der Waals surface area (Å²) in [5, 5.41) is 3.25. The lowest BCUT2D eigenvalue weighted by atomic mass is 10.1. The van der Waals surface area contributed by atoms with Gasteiger partial charge in [-0.25, -0.2) is 9.18 Å². The number of hydrogen-bond donors (Lipinski definition) is 1. The Labute approximate surface area is 171 Å². The Bertz CT molecular complexity index is 827. The van der Waals surface area contributed by atoms with Gasteiger partial charge in [0.2, 0.25) is 0 Å². The van der Waals surface area contributed by atoms with Crippen LogP contribution in [0.25, 0.3) is 0 Å². The lowest BCUT2D eigenvalue weighted by Gasteiger charge is -2.25. The van der Waals surface area contributed by atoms with E-state index in [0.717, 1.165) is 37.6 Å². The molecule has 5 nitrogen and oxygen atoms in total. The van der Waals surface area contributed by atoms with Crippen LogP contribution in [0.1, 0.15) is 49.5 Å². The molecule has 1 saturated heterocycles. The third-order valence-electron chi connectivity index (χ3n) is 4.47. The van der Waals surface area contributed by atoms with Crippen LogP contribution in [0.5, 0.6) is 11.5 Å². The van der Waals surface area contributed by atoms with Crippen molar-refractivity contribution >= 4 is 5.97 Å². The highest BCUT2D eigenvalue weighted by molar-refractivity contribution is 5.93. The molecule has 0 amide bonds. The molecule has 0 unspecified atom stereocenters. The van der Waals surface area contributed by atoms with Gasteiger partial charge in [0.25, 0.3) is 0 Å². The van der Waals surface area contributed by atoms with Crippen LogP contribution in [0.2, 0.25) is 0 Å². The average molecular weight is 401 g/mol. The van der Waals surface area contributed by atoms with Crippen LogP contribution in [0.3, 0.4) is 0 Å². The van der Waals surface area contributed by atoms with E-state index >= 15 is 0 Å². The fourth-order valence-corrected chi connectivity index (χ4v) is 3.07. The SMILES string of the molecule is CC(C)(C)OC(=O)c1cc(F)c(OC2CCNCC2)cc1OCc1ccccc1. The number of ether oxygens (including phenoxy) is 3. The van der Waals surface area contributed by atoms with Gasteiger partial charge in [-0.05, 0) is 58.3 Å². The monoisotopic (exact) mass is 401 g/mol. The zero-order chi connectivity index (χ0) is 20.9. The summed E-state index contributed by atoms with van der Waals surface area (Å²) in [4.78, 5) is 12.6. The molecule has 1 fully saturated rings. The summed E-state index contributed by atoms with van der Waals surface area (Å²) in [6, 6.07) is 12.2. The summed E-state index contributed by atoms with van der Waals surface area (Å²) in [5.74, 6) is -0.898. The van der Waals surface area contributed by atoms with E-state index in [-0.39, 0.29) is 29.8 Å².